The maximum atomic E-state index is 12.7. The normalized spacial score (nSPS) is 20.1. The number of anilines is 1. The first-order chi connectivity index (χ1) is 11.6. The number of nitrogens with zero attached hydrogens (tertiary/aromatic N) is 1. The van der Waals surface area contributed by atoms with E-state index < -0.39 is 17.7 Å². The van der Waals surface area contributed by atoms with Crippen molar-refractivity contribution in [2.24, 2.45) is 11.0 Å². The van der Waals surface area contributed by atoms with Crippen LogP contribution >= 0.6 is 11.6 Å². The number of rotatable bonds is 3. The van der Waals surface area contributed by atoms with Crippen molar-refractivity contribution in [3.63, 3.8) is 0 Å². The summed E-state index contributed by atoms with van der Waals surface area (Å²) in [6.07, 6.45) is 0. The molecule has 0 aromatic heterocycles. The Labute approximate surface area is 144 Å². The van der Waals surface area contributed by atoms with Crippen LogP contribution in [0, 0.1) is 5.92 Å². The van der Waals surface area contributed by atoms with Gasteiger partial charge in [0.2, 0.25) is 5.91 Å². The topological polar surface area (TPSA) is 70.6 Å². The van der Waals surface area contributed by atoms with Gasteiger partial charge in [0.25, 0.3) is 5.91 Å². The number of halogens is 1. The molecule has 2 unspecified atom stereocenters. The van der Waals surface area contributed by atoms with E-state index in [0.29, 0.717) is 16.4 Å². The maximum absolute atomic E-state index is 12.7. The minimum absolute atomic E-state index is 0.377. The molecule has 0 bridgehead atoms. The fourth-order valence-electron chi connectivity index (χ4n) is 2.79. The van der Waals surface area contributed by atoms with E-state index in [1.807, 2.05) is 30.3 Å². The van der Waals surface area contributed by atoms with Gasteiger partial charge in [-0.2, -0.15) is 5.10 Å². The molecule has 0 saturated carbocycles. The summed E-state index contributed by atoms with van der Waals surface area (Å²) in [4.78, 5) is 25.0. The summed E-state index contributed by atoms with van der Waals surface area (Å²) in [5, 5.41) is 7.39. The Kier molecular flexibility index (Phi) is 4.62. The van der Waals surface area contributed by atoms with E-state index in [0.717, 1.165) is 5.56 Å². The van der Waals surface area contributed by atoms with E-state index >= 15 is 0 Å². The predicted octanol–water partition coefficient (Wildman–Crippen LogP) is 3.18. The molecule has 0 fully saturated rings. The standard InChI is InChI=1S/C18H16ClN3O2/c1-11-15(12-5-3-2-4-6-12)16(18(24)22-21-11)17(23)20-14-9-7-13(19)8-10-14/h2-10,15-16H,1H3,(H,20,23)(H,22,24). The number of nitrogens with one attached hydrogen (secondary N) is 2. The van der Waals surface area contributed by atoms with Crippen molar-refractivity contribution in [2.75, 3.05) is 5.32 Å². The molecule has 0 saturated heterocycles. The molecule has 0 aliphatic carbocycles. The second-order valence-electron chi connectivity index (χ2n) is 5.59. The molecule has 0 radical (unpaired) electrons. The molecule has 1 heterocycles. The monoisotopic (exact) mass is 341 g/mol. The number of benzene rings is 2. The molecule has 2 aromatic rings. The molecular weight excluding hydrogens is 326 g/mol. The first-order valence-corrected chi connectivity index (χ1v) is 7.89. The van der Waals surface area contributed by atoms with Gasteiger partial charge in [-0.05, 0) is 36.8 Å². The van der Waals surface area contributed by atoms with Crippen LogP contribution in [0.1, 0.15) is 18.4 Å². The van der Waals surface area contributed by atoms with Gasteiger partial charge < -0.3 is 5.32 Å². The first-order valence-electron chi connectivity index (χ1n) is 7.51. The van der Waals surface area contributed by atoms with Crippen LogP contribution in [0.15, 0.2) is 59.7 Å². The number of hydrazone groups is 1. The number of amides is 2. The largest absolute Gasteiger partial charge is 0.325 e. The van der Waals surface area contributed by atoms with Gasteiger partial charge in [-0.1, -0.05) is 41.9 Å². The number of hydrogen-bond acceptors (Lipinski definition) is 3. The van der Waals surface area contributed by atoms with E-state index in [9.17, 15) is 9.59 Å². The van der Waals surface area contributed by atoms with Gasteiger partial charge in [0, 0.05) is 22.3 Å². The zero-order valence-corrected chi connectivity index (χ0v) is 13.7. The Morgan fingerprint density at radius 1 is 1.12 bits per heavy atom. The molecule has 2 N–H and O–H groups in total. The summed E-state index contributed by atoms with van der Waals surface area (Å²) in [5.74, 6) is -2.08. The van der Waals surface area contributed by atoms with E-state index in [4.69, 9.17) is 11.6 Å². The van der Waals surface area contributed by atoms with Gasteiger partial charge >= 0.3 is 0 Å². The highest BCUT2D eigenvalue weighted by Crippen LogP contribution is 2.30. The van der Waals surface area contributed by atoms with Crippen molar-refractivity contribution in [1.82, 2.24) is 5.43 Å². The van der Waals surface area contributed by atoms with Gasteiger partial charge in [0.1, 0.15) is 5.92 Å². The van der Waals surface area contributed by atoms with Crippen LogP contribution in [0.25, 0.3) is 0 Å². The smallest absolute Gasteiger partial charge is 0.253 e. The third kappa shape index (κ3) is 3.31. The average molecular weight is 342 g/mol. The van der Waals surface area contributed by atoms with Gasteiger partial charge in [0.15, 0.2) is 0 Å². The molecule has 2 amide bonds. The van der Waals surface area contributed by atoms with Gasteiger partial charge in [-0.25, -0.2) is 5.43 Å². The second kappa shape index (κ2) is 6.84. The second-order valence-corrected chi connectivity index (χ2v) is 6.03. The van der Waals surface area contributed by atoms with Crippen molar-refractivity contribution in [1.29, 1.82) is 0 Å². The van der Waals surface area contributed by atoms with E-state index in [1.54, 1.807) is 31.2 Å². The highest BCUT2D eigenvalue weighted by atomic mass is 35.5. The SMILES string of the molecule is CC1=NNC(=O)C(C(=O)Nc2ccc(Cl)cc2)C1c1ccccc1. The van der Waals surface area contributed by atoms with Crippen LogP contribution < -0.4 is 10.7 Å². The number of hydrogen-bond donors (Lipinski definition) is 2. The molecule has 1 aliphatic heterocycles. The lowest BCUT2D eigenvalue weighted by atomic mass is 9.81. The van der Waals surface area contributed by atoms with Crippen molar-refractivity contribution in [3.05, 3.63) is 65.2 Å². The molecule has 5 nitrogen and oxygen atoms in total. The molecule has 24 heavy (non-hydrogen) atoms. The molecule has 2 aromatic carbocycles. The first kappa shape index (κ1) is 16.2. The molecule has 0 spiro atoms. The summed E-state index contributed by atoms with van der Waals surface area (Å²) < 4.78 is 0. The molecule has 1 aliphatic rings. The average Bonchev–Trinajstić information content (AvgIpc) is 2.59. The Morgan fingerprint density at radius 2 is 1.79 bits per heavy atom. The third-order valence-corrected chi connectivity index (χ3v) is 4.21. The lowest BCUT2D eigenvalue weighted by Gasteiger charge is -2.28. The zero-order valence-electron chi connectivity index (χ0n) is 13.0. The fraction of sp³-hybridized carbons (Fsp3) is 0.167. The summed E-state index contributed by atoms with van der Waals surface area (Å²) >= 11 is 5.85. The highest BCUT2D eigenvalue weighted by Gasteiger charge is 2.40. The highest BCUT2D eigenvalue weighted by molar-refractivity contribution is 6.30. The molecule has 6 heteroatoms. The van der Waals surface area contributed by atoms with Crippen molar-refractivity contribution in [2.45, 2.75) is 12.8 Å². The van der Waals surface area contributed by atoms with Crippen LogP contribution in [0.3, 0.4) is 0 Å². The van der Waals surface area contributed by atoms with Gasteiger partial charge in [-0.15, -0.1) is 0 Å². The van der Waals surface area contributed by atoms with Crippen LogP contribution in [-0.4, -0.2) is 17.5 Å². The minimum Gasteiger partial charge on any atom is -0.325 e. The van der Waals surface area contributed by atoms with Crippen molar-refractivity contribution in [3.8, 4) is 0 Å². The van der Waals surface area contributed by atoms with E-state index in [-0.39, 0.29) is 5.91 Å². The van der Waals surface area contributed by atoms with Crippen LogP contribution in [0.5, 0.6) is 0 Å². The Bertz CT molecular complexity index is 788. The summed E-state index contributed by atoms with van der Waals surface area (Å²) in [7, 11) is 0. The Morgan fingerprint density at radius 3 is 2.46 bits per heavy atom. The van der Waals surface area contributed by atoms with Crippen LogP contribution in [0.2, 0.25) is 5.02 Å². The lowest BCUT2D eigenvalue weighted by molar-refractivity contribution is -0.133. The van der Waals surface area contributed by atoms with Crippen LogP contribution in [-0.2, 0) is 9.59 Å². The molecule has 122 valence electrons. The Hall–Kier alpha value is -2.66. The zero-order chi connectivity index (χ0) is 17.1. The van der Waals surface area contributed by atoms with Crippen molar-refractivity contribution >= 4 is 34.8 Å². The number of carbonyl (C=O) groups excluding carboxylic acids is 2. The number of carbonyl (C=O) groups is 2. The predicted molar refractivity (Wildman–Crippen MR) is 94.0 cm³/mol. The minimum atomic E-state index is -0.888. The van der Waals surface area contributed by atoms with Gasteiger partial charge in [-0.3, -0.25) is 9.59 Å². The Balaban J connectivity index is 1.90. The lowest BCUT2D eigenvalue weighted by Crippen LogP contribution is -2.46. The molecular formula is C18H16ClN3O2. The summed E-state index contributed by atoms with van der Waals surface area (Å²) in [5.41, 5.74) is 4.58. The van der Waals surface area contributed by atoms with E-state index in [2.05, 4.69) is 15.8 Å². The van der Waals surface area contributed by atoms with E-state index in [1.165, 1.54) is 0 Å². The fourth-order valence-corrected chi connectivity index (χ4v) is 2.92. The maximum Gasteiger partial charge on any atom is 0.253 e. The summed E-state index contributed by atoms with van der Waals surface area (Å²) in [6, 6.07) is 16.2. The van der Waals surface area contributed by atoms with Gasteiger partial charge in [0.05, 0.1) is 0 Å². The third-order valence-electron chi connectivity index (χ3n) is 3.96. The quantitative estimate of drug-likeness (QED) is 0.842. The van der Waals surface area contributed by atoms with Crippen LogP contribution in [0.4, 0.5) is 5.69 Å². The molecule has 3 rings (SSSR count). The summed E-state index contributed by atoms with van der Waals surface area (Å²) in [6.45, 7) is 1.81. The molecule has 2 atom stereocenters. The van der Waals surface area contributed by atoms with Crippen molar-refractivity contribution < 1.29 is 9.59 Å².